The van der Waals surface area contributed by atoms with Gasteiger partial charge in [0.15, 0.2) is 11.5 Å². The number of pyridine rings is 1. The fraction of sp³-hybridized carbons (Fsp3) is 0.250. The topological polar surface area (TPSA) is 98.0 Å². The monoisotopic (exact) mass is 317 g/mol. The molecule has 0 amide bonds. The lowest BCUT2D eigenvalue weighted by molar-refractivity contribution is 0.0694. The third-order valence-electron chi connectivity index (χ3n) is 3.57. The third-order valence-corrected chi connectivity index (χ3v) is 3.57. The highest BCUT2D eigenvalue weighted by atomic mass is 16.6. The van der Waals surface area contributed by atoms with Gasteiger partial charge in [0.1, 0.15) is 18.8 Å². The van der Waals surface area contributed by atoms with Crippen LogP contribution in [0.3, 0.4) is 0 Å². The van der Waals surface area contributed by atoms with Crippen LogP contribution in [0.1, 0.15) is 10.4 Å². The number of aromatic carboxylic acids is 1. The SMILES string of the molecule is O=C(O)c1ccc(-c2ccc3c(c2)OCCO3)n(CCO)c1=O. The maximum atomic E-state index is 12.3. The minimum atomic E-state index is -1.30. The standard InChI is InChI=1S/C16H15NO6/c18-6-5-17-12(3-2-11(15(17)19)16(20)21)10-1-4-13-14(9-10)23-8-7-22-13/h1-4,9,18H,5-8H2,(H,20,21). The summed E-state index contributed by atoms with van der Waals surface area (Å²) in [5, 5.41) is 18.3. The van der Waals surface area contributed by atoms with Crippen LogP contribution in [-0.2, 0) is 6.54 Å². The molecule has 0 spiro atoms. The molecule has 0 saturated heterocycles. The van der Waals surface area contributed by atoms with Gasteiger partial charge in [-0.15, -0.1) is 0 Å². The zero-order valence-electron chi connectivity index (χ0n) is 12.2. The molecule has 1 aromatic heterocycles. The van der Waals surface area contributed by atoms with E-state index < -0.39 is 11.5 Å². The molecule has 0 atom stereocenters. The highest BCUT2D eigenvalue weighted by Crippen LogP contribution is 2.34. The molecule has 0 fully saturated rings. The van der Waals surface area contributed by atoms with Gasteiger partial charge in [-0.2, -0.15) is 0 Å². The van der Waals surface area contributed by atoms with Crippen molar-refractivity contribution in [3.63, 3.8) is 0 Å². The van der Waals surface area contributed by atoms with Crippen molar-refractivity contribution in [2.75, 3.05) is 19.8 Å². The first kappa shape index (κ1) is 15.1. The van der Waals surface area contributed by atoms with Crippen LogP contribution in [0, 0.1) is 0 Å². The zero-order chi connectivity index (χ0) is 16.4. The molecule has 0 radical (unpaired) electrons. The summed E-state index contributed by atoms with van der Waals surface area (Å²) in [6.45, 7) is 0.650. The van der Waals surface area contributed by atoms with Crippen molar-refractivity contribution in [2.24, 2.45) is 0 Å². The van der Waals surface area contributed by atoms with Crippen LogP contribution in [0.2, 0.25) is 0 Å². The lowest BCUT2D eigenvalue weighted by Crippen LogP contribution is -2.28. The fourth-order valence-electron chi connectivity index (χ4n) is 2.52. The number of aliphatic hydroxyl groups is 1. The van der Waals surface area contributed by atoms with Crippen LogP contribution in [0.5, 0.6) is 11.5 Å². The molecule has 1 aliphatic rings. The molecule has 0 aliphatic carbocycles. The molecular weight excluding hydrogens is 302 g/mol. The average molecular weight is 317 g/mol. The number of carboxylic acids is 1. The third kappa shape index (κ3) is 2.78. The van der Waals surface area contributed by atoms with Gasteiger partial charge < -0.3 is 24.3 Å². The Labute approximate surface area is 131 Å². The molecule has 2 aromatic rings. The summed E-state index contributed by atoms with van der Waals surface area (Å²) in [6.07, 6.45) is 0. The van der Waals surface area contributed by atoms with Gasteiger partial charge in [0.25, 0.3) is 5.56 Å². The van der Waals surface area contributed by atoms with Crippen LogP contribution < -0.4 is 15.0 Å². The second kappa shape index (κ2) is 6.13. The Morgan fingerprint density at radius 1 is 1.13 bits per heavy atom. The Kier molecular flexibility index (Phi) is 4.03. The second-order valence-corrected chi connectivity index (χ2v) is 4.98. The van der Waals surface area contributed by atoms with Gasteiger partial charge in [-0.3, -0.25) is 4.79 Å². The van der Waals surface area contributed by atoms with Gasteiger partial charge in [0.2, 0.25) is 0 Å². The number of hydrogen-bond acceptors (Lipinski definition) is 5. The Morgan fingerprint density at radius 2 is 1.87 bits per heavy atom. The van der Waals surface area contributed by atoms with Gasteiger partial charge in [-0.05, 0) is 30.3 Å². The summed E-state index contributed by atoms with van der Waals surface area (Å²) < 4.78 is 12.2. The van der Waals surface area contributed by atoms with Crippen molar-refractivity contribution >= 4 is 5.97 Å². The van der Waals surface area contributed by atoms with Gasteiger partial charge in [0, 0.05) is 12.1 Å². The van der Waals surface area contributed by atoms with E-state index in [1.54, 1.807) is 24.3 Å². The highest BCUT2D eigenvalue weighted by Gasteiger charge is 2.17. The molecule has 2 N–H and O–H groups in total. The number of carboxylic acid groups (broad SMARTS) is 1. The van der Waals surface area contributed by atoms with E-state index in [-0.39, 0.29) is 18.7 Å². The smallest absolute Gasteiger partial charge is 0.341 e. The van der Waals surface area contributed by atoms with Gasteiger partial charge in [0.05, 0.1) is 12.3 Å². The van der Waals surface area contributed by atoms with Crippen LogP contribution in [0.15, 0.2) is 35.1 Å². The number of ether oxygens (including phenoxy) is 2. The minimum Gasteiger partial charge on any atom is -0.486 e. The van der Waals surface area contributed by atoms with Crippen LogP contribution in [0.4, 0.5) is 0 Å². The Morgan fingerprint density at radius 3 is 2.57 bits per heavy atom. The van der Waals surface area contributed by atoms with Gasteiger partial charge >= 0.3 is 5.97 Å². The largest absolute Gasteiger partial charge is 0.486 e. The fourth-order valence-corrected chi connectivity index (χ4v) is 2.52. The van der Waals surface area contributed by atoms with E-state index in [2.05, 4.69) is 0 Å². The number of carbonyl (C=O) groups is 1. The molecule has 0 unspecified atom stereocenters. The summed E-state index contributed by atoms with van der Waals surface area (Å²) in [6, 6.07) is 8.05. The van der Waals surface area contributed by atoms with Crippen molar-refractivity contribution in [3.05, 3.63) is 46.2 Å². The molecular formula is C16H15NO6. The highest BCUT2D eigenvalue weighted by molar-refractivity contribution is 5.87. The van der Waals surface area contributed by atoms with Gasteiger partial charge in [-0.25, -0.2) is 4.79 Å². The second-order valence-electron chi connectivity index (χ2n) is 4.98. The first-order chi connectivity index (χ1) is 11.1. The number of rotatable bonds is 4. The van der Waals surface area contributed by atoms with Crippen molar-refractivity contribution in [1.29, 1.82) is 0 Å². The maximum absolute atomic E-state index is 12.3. The number of benzene rings is 1. The quantitative estimate of drug-likeness (QED) is 0.872. The van der Waals surface area contributed by atoms with Crippen molar-refractivity contribution in [2.45, 2.75) is 6.54 Å². The molecule has 0 bridgehead atoms. The number of aliphatic hydroxyl groups excluding tert-OH is 1. The molecule has 23 heavy (non-hydrogen) atoms. The molecule has 120 valence electrons. The van der Waals surface area contributed by atoms with Crippen molar-refractivity contribution in [3.8, 4) is 22.8 Å². The van der Waals surface area contributed by atoms with Crippen LogP contribution in [-0.4, -0.2) is 40.6 Å². The summed E-state index contributed by atoms with van der Waals surface area (Å²) in [5.41, 5.74) is 0.196. The predicted molar refractivity (Wildman–Crippen MR) is 81.2 cm³/mol. The van der Waals surface area contributed by atoms with E-state index in [4.69, 9.17) is 14.6 Å². The van der Waals surface area contributed by atoms with Crippen LogP contribution in [0.25, 0.3) is 11.3 Å². The molecule has 1 aromatic carbocycles. The number of aromatic nitrogens is 1. The number of hydrogen-bond donors (Lipinski definition) is 2. The number of nitrogens with zero attached hydrogens (tertiary/aromatic N) is 1. The van der Waals surface area contributed by atoms with Crippen molar-refractivity contribution < 1.29 is 24.5 Å². The maximum Gasteiger partial charge on any atom is 0.341 e. The summed E-state index contributed by atoms with van der Waals surface area (Å²) in [7, 11) is 0. The average Bonchev–Trinajstić information content (AvgIpc) is 2.56. The normalized spacial score (nSPS) is 12.9. The van der Waals surface area contributed by atoms with E-state index in [9.17, 15) is 14.7 Å². The lowest BCUT2D eigenvalue weighted by Gasteiger charge is -2.20. The molecule has 0 saturated carbocycles. The lowest BCUT2D eigenvalue weighted by atomic mass is 10.1. The number of fused-ring (bicyclic) bond motifs is 1. The van der Waals surface area contributed by atoms with E-state index in [1.165, 1.54) is 10.6 Å². The first-order valence-corrected chi connectivity index (χ1v) is 7.10. The summed E-state index contributed by atoms with van der Waals surface area (Å²) in [5.74, 6) is -0.104. The van der Waals surface area contributed by atoms with E-state index in [1.807, 2.05) is 0 Å². The molecule has 2 heterocycles. The minimum absolute atomic E-state index is 0.00370. The van der Waals surface area contributed by atoms with Crippen LogP contribution >= 0.6 is 0 Å². The van der Waals surface area contributed by atoms with Gasteiger partial charge in [-0.1, -0.05) is 0 Å². The molecule has 7 nitrogen and oxygen atoms in total. The molecule has 7 heteroatoms. The first-order valence-electron chi connectivity index (χ1n) is 7.10. The van der Waals surface area contributed by atoms with Crippen molar-refractivity contribution in [1.82, 2.24) is 4.57 Å². The van der Waals surface area contributed by atoms with E-state index >= 15 is 0 Å². The summed E-state index contributed by atoms with van der Waals surface area (Å²) in [4.78, 5) is 23.4. The summed E-state index contributed by atoms with van der Waals surface area (Å²) >= 11 is 0. The Bertz CT molecular complexity index is 811. The zero-order valence-corrected chi connectivity index (χ0v) is 12.2. The van der Waals surface area contributed by atoms with E-state index in [0.29, 0.717) is 36.0 Å². The Balaban J connectivity index is 2.14. The molecule has 1 aliphatic heterocycles. The predicted octanol–water partition coefficient (Wildman–Crippen LogP) is 0.977. The van der Waals surface area contributed by atoms with E-state index in [0.717, 1.165) is 0 Å². The Hall–Kier alpha value is -2.80. The molecule has 3 rings (SSSR count).